The molecule has 0 radical (unpaired) electrons. The van der Waals surface area contributed by atoms with E-state index in [1.54, 1.807) is 6.07 Å². The molecule has 0 spiro atoms. The summed E-state index contributed by atoms with van der Waals surface area (Å²) in [5.74, 6) is -0.195. The lowest BCUT2D eigenvalue weighted by molar-refractivity contribution is 0.544. The van der Waals surface area contributed by atoms with E-state index in [0.717, 1.165) is 40.2 Å². The van der Waals surface area contributed by atoms with Crippen LogP contribution in [0.25, 0.3) is 0 Å². The van der Waals surface area contributed by atoms with Crippen molar-refractivity contribution in [1.82, 2.24) is 5.32 Å². The largest absolute Gasteiger partial charge is 0.310 e. The first-order valence-corrected chi connectivity index (χ1v) is 7.63. The summed E-state index contributed by atoms with van der Waals surface area (Å²) >= 11 is 6.34. The van der Waals surface area contributed by atoms with Gasteiger partial charge in [-0.2, -0.15) is 0 Å². The third kappa shape index (κ3) is 4.05. The summed E-state index contributed by atoms with van der Waals surface area (Å²) in [6.07, 6.45) is 0.791. The fourth-order valence-corrected chi connectivity index (χ4v) is 2.92. The van der Waals surface area contributed by atoms with Crippen molar-refractivity contribution < 1.29 is 4.39 Å². The summed E-state index contributed by atoms with van der Waals surface area (Å²) in [6.45, 7) is 6.90. The van der Waals surface area contributed by atoms with Crippen LogP contribution in [-0.2, 0) is 6.42 Å². The fraction of sp³-hybridized carbons (Fsp3) is 0.333. The zero-order valence-electron chi connectivity index (χ0n) is 12.7. The van der Waals surface area contributed by atoms with Gasteiger partial charge in [-0.05, 0) is 67.3 Å². The van der Waals surface area contributed by atoms with Gasteiger partial charge in [0.05, 0.1) is 0 Å². The molecule has 112 valence electrons. The van der Waals surface area contributed by atoms with Gasteiger partial charge in [-0.3, -0.25) is 0 Å². The van der Waals surface area contributed by atoms with Gasteiger partial charge in [0, 0.05) is 11.1 Å². The van der Waals surface area contributed by atoms with Crippen LogP contribution in [0, 0.1) is 19.7 Å². The second-order valence-corrected chi connectivity index (χ2v) is 5.82. The van der Waals surface area contributed by atoms with E-state index in [9.17, 15) is 4.39 Å². The first-order chi connectivity index (χ1) is 10.0. The molecular weight excluding hydrogens is 285 g/mol. The SMILES string of the molecule is CCNC(Cc1ccc(C)cc1Cl)c1ccc(F)cc1C. The Hall–Kier alpha value is -1.38. The molecule has 0 heterocycles. The third-order valence-electron chi connectivity index (χ3n) is 3.69. The van der Waals surface area contributed by atoms with E-state index in [2.05, 4.69) is 24.4 Å². The van der Waals surface area contributed by atoms with Crippen molar-refractivity contribution in [1.29, 1.82) is 0 Å². The quantitative estimate of drug-likeness (QED) is 0.820. The molecule has 21 heavy (non-hydrogen) atoms. The molecule has 0 aromatic heterocycles. The first-order valence-electron chi connectivity index (χ1n) is 7.25. The minimum absolute atomic E-state index is 0.135. The predicted molar refractivity (Wildman–Crippen MR) is 87.4 cm³/mol. The van der Waals surface area contributed by atoms with Crippen molar-refractivity contribution in [3.05, 3.63) is 69.5 Å². The fourth-order valence-electron chi connectivity index (χ4n) is 2.61. The topological polar surface area (TPSA) is 12.0 Å². The van der Waals surface area contributed by atoms with Gasteiger partial charge in [0.25, 0.3) is 0 Å². The molecule has 3 heteroatoms. The zero-order chi connectivity index (χ0) is 15.4. The van der Waals surface area contributed by atoms with Crippen LogP contribution in [-0.4, -0.2) is 6.54 Å². The summed E-state index contributed by atoms with van der Waals surface area (Å²) in [5.41, 5.74) is 4.35. The highest BCUT2D eigenvalue weighted by molar-refractivity contribution is 6.31. The van der Waals surface area contributed by atoms with Crippen LogP contribution in [0.3, 0.4) is 0 Å². The molecule has 0 aliphatic carbocycles. The van der Waals surface area contributed by atoms with Crippen molar-refractivity contribution in [2.75, 3.05) is 6.54 Å². The van der Waals surface area contributed by atoms with E-state index >= 15 is 0 Å². The lowest BCUT2D eigenvalue weighted by Crippen LogP contribution is -2.24. The number of hydrogen-bond donors (Lipinski definition) is 1. The molecule has 0 aliphatic rings. The number of halogens is 2. The van der Waals surface area contributed by atoms with Gasteiger partial charge in [0.2, 0.25) is 0 Å². The van der Waals surface area contributed by atoms with E-state index in [0.29, 0.717) is 0 Å². The van der Waals surface area contributed by atoms with Crippen LogP contribution < -0.4 is 5.32 Å². The monoisotopic (exact) mass is 305 g/mol. The Balaban J connectivity index is 2.30. The summed E-state index contributed by atoms with van der Waals surface area (Å²) in [4.78, 5) is 0. The Morgan fingerprint density at radius 3 is 2.52 bits per heavy atom. The van der Waals surface area contributed by atoms with E-state index in [4.69, 9.17) is 11.6 Å². The van der Waals surface area contributed by atoms with Crippen molar-refractivity contribution in [3.8, 4) is 0 Å². The minimum Gasteiger partial charge on any atom is -0.310 e. The summed E-state index contributed by atoms with van der Waals surface area (Å²) < 4.78 is 13.3. The van der Waals surface area contributed by atoms with Crippen LogP contribution in [0.1, 0.15) is 35.2 Å². The average Bonchev–Trinajstić information content (AvgIpc) is 2.41. The standard InChI is InChI=1S/C18H21ClFN/c1-4-21-18(16-8-7-15(20)10-13(16)3)11-14-6-5-12(2)9-17(14)19/h5-10,18,21H,4,11H2,1-3H3. The summed E-state index contributed by atoms with van der Waals surface area (Å²) in [6, 6.07) is 11.2. The Bertz CT molecular complexity index is 625. The van der Waals surface area contributed by atoms with Crippen LogP contribution in [0.2, 0.25) is 5.02 Å². The lowest BCUT2D eigenvalue weighted by Gasteiger charge is -2.21. The van der Waals surface area contributed by atoms with Gasteiger partial charge in [-0.15, -0.1) is 0 Å². The van der Waals surface area contributed by atoms with E-state index in [-0.39, 0.29) is 11.9 Å². The summed E-state index contributed by atoms with van der Waals surface area (Å²) in [7, 11) is 0. The molecule has 2 rings (SSSR count). The molecule has 1 unspecified atom stereocenters. The summed E-state index contributed by atoms with van der Waals surface area (Å²) in [5, 5.41) is 4.26. The van der Waals surface area contributed by atoms with E-state index in [1.165, 1.54) is 6.07 Å². The molecule has 1 N–H and O–H groups in total. The predicted octanol–water partition coefficient (Wildman–Crippen LogP) is 4.99. The van der Waals surface area contributed by atoms with Crippen molar-refractivity contribution in [3.63, 3.8) is 0 Å². The van der Waals surface area contributed by atoms with Crippen LogP contribution in [0.5, 0.6) is 0 Å². The van der Waals surface area contributed by atoms with Crippen molar-refractivity contribution >= 4 is 11.6 Å². The maximum absolute atomic E-state index is 13.3. The molecule has 0 amide bonds. The van der Waals surface area contributed by atoms with Gasteiger partial charge in [-0.1, -0.05) is 36.7 Å². The third-order valence-corrected chi connectivity index (χ3v) is 4.04. The second kappa shape index (κ2) is 7.06. The molecule has 1 nitrogen and oxygen atoms in total. The lowest BCUT2D eigenvalue weighted by atomic mass is 9.95. The van der Waals surface area contributed by atoms with Gasteiger partial charge in [0.1, 0.15) is 5.82 Å². The number of likely N-dealkylation sites (N-methyl/N-ethyl adjacent to an activating group) is 1. The molecular formula is C18H21ClFN. The first kappa shape index (κ1) is 16.0. The molecule has 0 saturated heterocycles. The number of benzene rings is 2. The average molecular weight is 306 g/mol. The minimum atomic E-state index is -0.195. The normalized spacial score (nSPS) is 12.4. The van der Waals surface area contributed by atoms with Gasteiger partial charge < -0.3 is 5.32 Å². The maximum atomic E-state index is 13.3. The van der Waals surface area contributed by atoms with Crippen LogP contribution in [0.15, 0.2) is 36.4 Å². The highest BCUT2D eigenvalue weighted by Gasteiger charge is 2.15. The number of hydrogen-bond acceptors (Lipinski definition) is 1. The smallest absolute Gasteiger partial charge is 0.123 e. The van der Waals surface area contributed by atoms with E-state index in [1.807, 2.05) is 26.0 Å². The van der Waals surface area contributed by atoms with E-state index < -0.39 is 0 Å². The number of nitrogens with one attached hydrogen (secondary N) is 1. The zero-order valence-corrected chi connectivity index (χ0v) is 13.5. The molecule has 1 atom stereocenters. The van der Waals surface area contributed by atoms with Gasteiger partial charge in [0.15, 0.2) is 0 Å². The Morgan fingerprint density at radius 1 is 1.14 bits per heavy atom. The molecule has 2 aromatic rings. The Labute approximate surface area is 131 Å². The number of rotatable bonds is 5. The molecule has 2 aromatic carbocycles. The Morgan fingerprint density at radius 2 is 1.90 bits per heavy atom. The molecule has 0 fully saturated rings. The second-order valence-electron chi connectivity index (χ2n) is 5.41. The van der Waals surface area contributed by atoms with Crippen LogP contribution >= 0.6 is 11.6 Å². The van der Waals surface area contributed by atoms with Crippen molar-refractivity contribution in [2.45, 2.75) is 33.2 Å². The Kier molecular flexibility index (Phi) is 5.38. The maximum Gasteiger partial charge on any atom is 0.123 e. The molecule has 0 bridgehead atoms. The molecule has 0 saturated carbocycles. The van der Waals surface area contributed by atoms with Gasteiger partial charge in [-0.25, -0.2) is 4.39 Å². The number of aryl methyl sites for hydroxylation is 2. The molecule has 0 aliphatic heterocycles. The van der Waals surface area contributed by atoms with Crippen molar-refractivity contribution in [2.24, 2.45) is 0 Å². The van der Waals surface area contributed by atoms with Gasteiger partial charge >= 0.3 is 0 Å². The van der Waals surface area contributed by atoms with Crippen LogP contribution in [0.4, 0.5) is 4.39 Å². The highest BCUT2D eigenvalue weighted by Crippen LogP contribution is 2.26. The highest BCUT2D eigenvalue weighted by atomic mass is 35.5.